The number of phenols is 1. The first-order valence-electron chi connectivity index (χ1n) is 6.27. The van der Waals surface area contributed by atoms with E-state index < -0.39 is 6.10 Å². The van der Waals surface area contributed by atoms with Gasteiger partial charge in [-0.05, 0) is 29.8 Å². The van der Waals surface area contributed by atoms with E-state index in [2.05, 4.69) is 5.32 Å². The molecular weight excluding hydrogens is 313 g/mol. The summed E-state index contributed by atoms with van der Waals surface area (Å²) in [6, 6.07) is 9.64. The van der Waals surface area contributed by atoms with Crippen LogP contribution in [0.2, 0.25) is 10.0 Å². The highest BCUT2D eigenvalue weighted by Gasteiger charge is 2.28. The van der Waals surface area contributed by atoms with Gasteiger partial charge in [0.15, 0.2) is 6.10 Å². The van der Waals surface area contributed by atoms with Gasteiger partial charge in [0.1, 0.15) is 11.5 Å². The van der Waals surface area contributed by atoms with Crippen LogP contribution in [0.3, 0.4) is 0 Å². The van der Waals surface area contributed by atoms with Crippen molar-refractivity contribution in [2.45, 2.75) is 12.5 Å². The molecule has 4 nitrogen and oxygen atoms in total. The lowest BCUT2D eigenvalue weighted by molar-refractivity contribution is -0.123. The second kappa shape index (κ2) is 5.47. The van der Waals surface area contributed by atoms with Crippen LogP contribution in [0.1, 0.15) is 5.56 Å². The number of hydrogen-bond donors (Lipinski definition) is 2. The van der Waals surface area contributed by atoms with Gasteiger partial charge in [0.05, 0.1) is 5.69 Å². The Kier molecular flexibility index (Phi) is 3.66. The van der Waals surface area contributed by atoms with E-state index in [0.29, 0.717) is 27.9 Å². The molecule has 1 unspecified atom stereocenters. The fourth-order valence-electron chi connectivity index (χ4n) is 2.15. The van der Waals surface area contributed by atoms with E-state index in [1.54, 1.807) is 24.3 Å². The van der Waals surface area contributed by atoms with Crippen molar-refractivity contribution < 1.29 is 14.6 Å². The van der Waals surface area contributed by atoms with Crippen LogP contribution in [0.4, 0.5) is 5.69 Å². The Hall–Kier alpha value is -1.91. The zero-order valence-electron chi connectivity index (χ0n) is 10.8. The molecule has 0 aliphatic carbocycles. The van der Waals surface area contributed by atoms with Crippen molar-refractivity contribution in [3.63, 3.8) is 0 Å². The van der Waals surface area contributed by atoms with Crippen molar-refractivity contribution >= 4 is 34.8 Å². The monoisotopic (exact) mass is 323 g/mol. The largest absolute Gasteiger partial charge is 0.508 e. The maximum absolute atomic E-state index is 12.1. The van der Waals surface area contributed by atoms with Crippen molar-refractivity contribution in [3.05, 3.63) is 52.0 Å². The molecule has 0 saturated carbocycles. The number of rotatable bonds is 2. The van der Waals surface area contributed by atoms with Gasteiger partial charge in [-0.1, -0.05) is 29.3 Å². The smallest absolute Gasteiger partial charge is 0.265 e. The average molecular weight is 324 g/mol. The second-order valence-electron chi connectivity index (χ2n) is 4.72. The van der Waals surface area contributed by atoms with Crippen LogP contribution in [0, 0.1) is 0 Å². The van der Waals surface area contributed by atoms with E-state index in [1.807, 2.05) is 0 Å². The summed E-state index contributed by atoms with van der Waals surface area (Å²) in [4.78, 5) is 12.1. The van der Waals surface area contributed by atoms with Gasteiger partial charge in [-0.2, -0.15) is 0 Å². The van der Waals surface area contributed by atoms with Gasteiger partial charge >= 0.3 is 0 Å². The molecule has 1 aliphatic rings. The molecule has 6 heteroatoms. The van der Waals surface area contributed by atoms with Crippen molar-refractivity contribution in [1.82, 2.24) is 0 Å². The van der Waals surface area contributed by atoms with Crippen molar-refractivity contribution in [3.8, 4) is 11.5 Å². The normalized spacial score (nSPS) is 16.9. The molecule has 0 aromatic heterocycles. The molecule has 3 rings (SSSR count). The number of hydrogen-bond acceptors (Lipinski definition) is 3. The fraction of sp³-hybridized carbons (Fsp3) is 0.133. The molecule has 1 atom stereocenters. The maximum Gasteiger partial charge on any atom is 0.265 e. The van der Waals surface area contributed by atoms with E-state index in [4.69, 9.17) is 27.9 Å². The molecule has 1 amide bonds. The maximum atomic E-state index is 12.1. The lowest BCUT2D eigenvalue weighted by atomic mass is 10.1. The predicted octanol–water partition coefficient (Wildman–Crippen LogP) is 3.64. The Morgan fingerprint density at radius 2 is 2.00 bits per heavy atom. The molecule has 0 saturated heterocycles. The number of benzene rings is 2. The number of halogens is 2. The van der Waals surface area contributed by atoms with Gasteiger partial charge in [0.2, 0.25) is 0 Å². The molecule has 2 aromatic carbocycles. The third kappa shape index (κ3) is 2.91. The highest BCUT2D eigenvalue weighted by molar-refractivity contribution is 6.35. The minimum Gasteiger partial charge on any atom is -0.508 e. The van der Waals surface area contributed by atoms with Gasteiger partial charge in [-0.25, -0.2) is 0 Å². The van der Waals surface area contributed by atoms with Gasteiger partial charge in [-0.3, -0.25) is 4.79 Å². The van der Waals surface area contributed by atoms with Crippen LogP contribution in [-0.2, 0) is 11.2 Å². The SMILES string of the molecule is O=C1Nc2ccc(O)cc2OC1Cc1ccc(Cl)cc1Cl. The summed E-state index contributed by atoms with van der Waals surface area (Å²) < 4.78 is 5.65. The molecule has 2 N–H and O–H groups in total. The highest BCUT2D eigenvalue weighted by Crippen LogP contribution is 2.34. The van der Waals surface area contributed by atoms with Crippen LogP contribution in [0.25, 0.3) is 0 Å². The fourth-order valence-corrected chi connectivity index (χ4v) is 2.64. The molecular formula is C15H11Cl2NO3. The van der Waals surface area contributed by atoms with Gasteiger partial charge in [-0.15, -0.1) is 0 Å². The molecule has 21 heavy (non-hydrogen) atoms. The first-order valence-corrected chi connectivity index (χ1v) is 7.03. The number of fused-ring (bicyclic) bond motifs is 1. The molecule has 2 aromatic rings. The molecule has 0 spiro atoms. The number of carbonyl (C=O) groups excluding carboxylic acids is 1. The van der Waals surface area contributed by atoms with Crippen LogP contribution in [-0.4, -0.2) is 17.1 Å². The van der Waals surface area contributed by atoms with Crippen LogP contribution < -0.4 is 10.1 Å². The summed E-state index contributed by atoms with van der Waals surface area (Å²) in [6.45, 7) is 0. The van der Waals surface area contributed by atoms with Crippen molar-refractivity contribution in [1.29, 1.82) is 0 Å². The number of amides is 1. The number of carbonyl (C=O) groups is 1. The third-order valence-electron chi connectivity index (χ3n) is 3.21. The number of ether oxygens (including phenoxy) is 1. The minimum atomic E-state index is -0.710. The van der Waals surface area contributed by atoms with Crippen LogP contribution in [0.15, 0.2) is 36.4 Å². The van der Waals surface area contributed by atoms with E-state index >= 15 is 0 Å². The molecule has 0 radical (unpaired) electrons. The average Bonchev–Trinajstić information content (AvgIpc) is 2.43. The van der Waals surface area contributed by atoms with Crippen molar-refractivity contribution in [2.75, 3.05) is 5.32 Å². The summed E-state index contributed by atoms with van der Waals surface area (Å²) >= 11 is 12.0. The Bertz CT molecular complexity index is 718. The van der Waals surface area contributed by atoms with E-state index in [9.17, 15) is 9.90 Å². The Morgan fingerprint density at radius 3 is 2.76 bits per heavy atom. The zero-order chi connectivity index (χ0) is 15.0. The molecule has 1 heterocycles. The number of nitrogens with one attached hydrogen (secondary N) is 1. The van der Waals surface area contributed by atoms with Gasteiger partial charge < -0.3 is 15.2 Å². The standard InChI is InChI=1S/C15H11Cl2NO3/c16-9-2-1-8(11(17)6-9)5-14-15(20)18-12-4-3-10(19)7-13(12)21-14/h1-4,6-7,14,19H,5H2,(H,18,20). The summed E-state index contributed by atoms with van der Waals surface area (Å²) in [5.74, 6) is 0.261. The molecule has 1 aliphatic heterocycles. The van der Waals surface area contributed by atoms with E-state index in [1.165, 1.54) is 12.1 Å². The zero-order valence-corrected chi connectivity index (χ0v) is 12.3. The summed E-state index contributed by atoms with van der Waals surface area (Å²) in [7, 11) is 0. The Morgan fingerprint density at radius 1 is 1.19 bits per heavy atom. The Labute approximate surface area is 131 Å². The summed E-state index contributed by atoms with van der Waals surface area (Å²) in [5.41, 5.74) is 1.31. The number of anilines is 1. The second-order valence-corrected chi connectivity index (χ2v) is 5.56. The lowest BCUT2D eigenvalue weighted by Crippen LogP contribution is -2.38. The quantitative estimate of drug-likeness (QED) is 0.829. The molecule has 108 valence electrons. The summed E-state index contributed by atoms with van der Waals surface area (Å²) in [6.07, 6.45) is -0.394. The summed E-state index contributed by atoms with van der Waals surface area (Å²) in [5, 5.41) is 13.2. The van der Waals surface area contributed by atoms with Crippen molar-refractivity contribution in [2.24, 2.45) is 0 Å². The van der Waals surface area contributed by atoms with Gasteiger partial charge in [0.25, 0.3) is 5.91 Å². The van der Waals surface area contributed by atoms with E-state index in [-0.39, 0.29) is 11.7 Å². The number of aromatic hydroxyl groups is 1. The predicted molar refractivity (Wildman–Crippen MR) is 81.3 cm³/mol. The lowest BCUT2D eigenvalue weighted by Gasteiger charge is -2.26. The first-order chi connectivity index (χ1) is 10.0. The van der Waals surface area contributed by atoms with Gasteiger partial charge in [0, 0.05) is 22.5 Å². The van der Waals surface area contributed by atoms with E-state index in [0.717, 1.165) is 5.56 Å². The molecule has 0 fully saturated rings. The molecule has 0 bridgehead atoms. The highest BCUT2D eigenvalue weighted by atomic mass is 35.5. The van der Waals surface area contributed by atoms with Crippen LogP contribution in [0.5, 0.6) is 11.5 Å². The number of phenolic OH excluding ortho intramolecular Hbond substituents is 1. The minimum absolute atomic E-state index is 0.0770. The first kappa shape index (κ1) is 14.0. The third-order valence-corrected chi connectivity index (χ3v) is 3.79. The van der Waals surface area contributed by atoms with Crippen LogP contribution >= 0.6 is 23.2 Å². The topological polar surface area (TPSA) is 58.6 Å². The Balaban J connectivity index is 1.85.